The van der Waals surface area contributed by atoms with Gasteiger partial charge >= 0.3 is 0 Å². The Bertz CT molecular complexity index is 1030. The van der Waals surface area contributed by atoms with E-state index in [2.05, 4.69) is 55.4 Å². The first-order chi connectivity index (χ1) is 14.9. The molecular weight excluding hydrogens is 388 g/mol. The summed E-state index contributed by atoms with van der Waals surface area (Å²) in [5, 5.41) is 1.12. The molecule has 1 aliphatic rings. The van der Waals surface area contributed by atoms with Crippen LogP contribution in [-0.4, -0.2) is 50.8 Å². The van der Waals surface area contributed by atoms with E-state index in [-0.39, 0.29) is 11.6 Å². The Hall–Kier alpha value is -2.18. The van der Waals surface area contributed by atoms with Crippen molar-refractivity contribution in [2.75, 3.05) is 19.7 Å². The van der Waals surface area contributed by atoms with Crippen LogP contribution in [0.4, 0.5) is 0 Å². The molecule has 0 aliphatic carbocycles. The second kappa shape index (κ2) is 9.13. The van der Waals surface area contributed by atoms with Crippen molar-refractivity contribution in [3.05, 3.63) is 30.2 Å². The van der Waals surface area contributed by atoms with Gasteiger partial charge in [-0.1, -0.05) is 6.92 Å². The summed E-state index contributed by atoms with van der Waals surface area (Å²) in [6.45, 7) is 15.4. The molecule has 0 unspecified atom stereocenters. The van der Waals surface area contributed by atoms with Gasteiger partial charge in [0, 0.05) is 43.2 Å². The minimum absolute atomic E-state index is 0.228. The van der Waals surface area contributed by atoms with E-state index < -0.39 is 0 Å². The monoisotopic (exact) mass is 424 g/mol. The number of likely N-dealkylation sites (tertiary alicyclic amines) is 1. The van der Waals surface area contributed by atoms with Gasteiger partial charge in [-0.25, -0.2) is 4.98 Å². The third-order valence-corrected chi connectivity index (χ3v) is 6.20. The topological polar surface area (TPSA) is 52.4 Å². The molecule has 3 aromatic rings. The molecule has 3 heterocycles. The summed E-state index contributed by atoms with van der Waals surface area (Å²) in [5.74, 6) is 1.88. The van der Waals surface area contributed by atoms with Gasteiger partial charge in [0.15, 0.2) is 0 Å². The molecule has 6 heteroatoms. The third-order valence-electron chi connectivity index (χ3n) is 6.20. The van der Waals surface area contributed by atoms with Crippen molar-refractivity contribution in [3.8, 4) is 5.75 Å². The lowest BCUT2D eigenvalue weighted by Gasteiger charge is -2.40. The fraction of sp³-hybridized carbons (Fsp3) is 0.600. The van der Waals surface area contributed by atoms with Crippen LogP contribution in [0.2, 0.25) is 0 Å². The molecule has 0 saturated carbocycles. The summed E-state index contributed by atoms with van der Waals surface area (Å²) >= 11 is 0. The van der Waals surface area contributed by atoms with Gasteiger partial charge in [-0.15, -0.1) is 0 Å². The van der Waals surface area contributed by atoms with Gasteiger partial charge in [0.1, 0.15) is 29.8 Å². The maximum Gasteiger partial charge on any atom is 0.136 e. The van der Waals surface area contributed by atoms with Crippen molar-refractivity contribution in [1.82, 2.24) is 19.4 Å². The lowest BCUT2D eigenvalue weighted by atomic mass is 9.99. The van der Waals surface area contributed by atoms with Gasteiger partial charge in [-0.05, 0) is 59.1 Å². The quantitative estimate of drug-likeness (QED) is 0.523. The Morgan fingerprint density at radius 2 is 1.87 bits per heavy atom. The summed E-state index contributed by atoms with van der Waals surface area (Å²) in [4.78, 5) is 12.0. The molecule has 0 atom stereocenters. The highest BCUT2D eigenvalue weighted by molar-refractivity contribution is 6.02. The van der Waals surface area contributed by atoms with Crippen molar-refractivity contribution in [2.45, 2.75) is 78.7 Å². The molecule has 1 aliphatic heterocycles. The van der Waals surface area contributed by atoms with Crippen LogP contribution in [0.3, 0.4) is 0 Å². The van der Waals surface area contributed by atoms with Crippen molar-refractivity contribution in [3.63, 3.8) is 0 Å². The summed E-state index contributed by atoms with van der Waals surface area (Å²) in [6, 6.07) is 6.31. The van der Waals surface area contributed by atoms with Crippen molar-refractivity contribution in [1.29, 1.82) is 0 Å². The summed E-state index contributed by atoms with van der Waals surface area (Å²) in [7, 11) is 0. The maximum absolute atomic E-state index is 6.36. The summed E-state index contributed by atoms with van der Waals surface area (Å²) in [6.07, 6.45) is 5.31. The number of imidazole rings is 1. The zero-order valence-electron chi connectivity index (χ0n) is 19.6. The zero-order chi connectivity index (χ0) is 22.0. The van der Waals surface area contributed by atoms with Crippen LogP contribution in [-0.2, 0) is 17.9 Å². The summed E-state index contributed by atoms with van der Waals surface area (Å²) in [5.41, 5.74) is 3.26. The van der Waals surface area contributed by atoms with E-state index in [0.717, 1.165) is 72.4 Å². The molecule has 1 saturated heterocycles. The fourth-order valence-corrected chi connectivity index (χ4v) is 4.52. The number of hydrogen-bond acceptors (Lipinski definition) is 5. The Balaban J connectivity index is 1.58. The summed E-state index contributed by atoms with van der Waals surface area (Å²) < 4.78 is 14.3. The number of benzene rings is 1. The smallest absolute Gasteiger partial charge is 0.136 e. The molecule has 0 spiro atoms. The fourth-order valence-electron chi connectivity index (χ4n) is 4.52. The van der Waals surface area contributed by atoms with Gasteiger partial charge in [-0.2, -0.15) is 0 Å². The van der Waals surface area contributed by atoms with Gasteiger partial charge in [0.25, 0.3) is 0 Å². The Kier molecular flexibility index (Phi) is 6.49. The number of aromatic nitrogens is 3. The van der Waals surface area contributed by atoms with E-state index >= 15 is 0 Å². The van der Waals surface area contributed by atoms with Crippen molar-refractivity contribution in [2.24, 2.45) is 0 Å². The normalized spacial score (nSPS) is 16.4. The Morgan fingerprint density at radius 3 is 2.55 bits per heavy atom. The molecule has 1 fully saturated rings. The highest BCUT2D eigenvalue weighted by atomic mass is 16.5. The lowest BCUT2D eigenvalue weighted by Crippen LogP contribution is -2.48. The Morgan fingerprint density at radius 1 is 1.10 bits per heavy atom. The van der Waals surface area contributed by atoms with Crippen LogP contribution in [0.5, 0.6) is 5.75 Å². The van der Waals surface area contributed by atoms with Crippen LogP contribution in [0.1, 0.15) is 59.7 Å². The first kappa shape index (κ1) is 22.0. The standard InChI is InChI=1S/C25H36N4O2/c1-6-12-29-23(17-30-7-2)27-22-16-26-21-15-19(8-9-20(21)24(22)29)31-18-10-13-28(14-11-18)25(3,4)5/h8-9,15-16,18H,6-7,10-14,17H2,1-5H3. The molecule has 0 radical (unpaired) electrons. The number of fused-ring (bicyclic) bond motifs is 3. The van der Waals surface area contributed by atoms with Crippen LogP contribution < -0.4 is 4.74 Å². The largest absolute Gasteiger partial charge is 0.490 e. The average Bonchev–Trinajstić information content (AvgIpc) is 3.10. The first-order valence-electron chi connectivity index (χ1n) is 11.7. The average molecular weight is 425 g/mol. The molecule has 0 bridgehead atoms. The molecule has 0 N–H and O–H groups in total. The number of piperidine rings is 1. The number of pyridine rings is 1. The third kappa shape index (κ3) is 4.70. The van der Waals surface area contributed by atoms with E-state index in [4.69, 9.17) is 19.4 Å². The van der Waals surface area contributed by atoms with Gasteiger partial charge in [0.2, 0.25) is 0 Å². The van der Waals surface area contributed by atoms with Crippen molar-refractivity contribution >= 4 is 21.9 Å². The van der Waals surface area contributed by atoms with E-state index in [1.54, 1.807) is 0 Å². The number of hydrogen-bond donors (Lipinski definition) is 0. The van der Waals surface area contributed by atoms with Gasteiger partial charge in [-0.3, -0.25) is 9.88 Å². The molecule has 168 valence electrons. The minimum atomic E-state index is 0.228. The van der Waals surface area contributed by atoms with E-state index in [9.17, 15) is 0 Å². The molecule has 6 nitrogen and oxygen atoms in total. The molecule has 31 heavy (non-hydrogen) atoms. The second-order valence-electron chi connectivity index (χ2n) is 9.46. The second-order valence-corrected chi connectivity index (χ2v) is 9.46. The minimum Gasteiger partial charge on any atom is -0.490 e. The number of aryl methyl sites for hydroxylation is 1. The molecular formula is C25H36N4O2. The van der Waals surface area contributed by atoms with Gasteiger partial charge < -0.3 is 14.0 Å². The molecule has 4 rings (SSSR count). The first-order valence-corrected chi connectivity index (χ1v) is 11.7. The molecule has 1 aromatic carbocycles. The number of rotatable bonds is 7. The molecule has 0 amide bonds. The maximum atomic E-state index is 6.36. The van der Waals surface area contributed by atoms with Gasteiger partial charge in [0.05, 0.1) is 17.2 Å². The van der Waals surface area contributed by atoms with Crippen LogP contribution in [0, 0.1) is 0 Å². The van der Waals surface area contributed by atoms with Crippen LogP contribution >= 0.6 is 0 Å². The van der Waals surface area contributed by atoms with E-state index in [1.807, 2.05) is 13.1 Å². The SMILES string of the molecule is CCCn1c(COCC)nc2cnc3cc(OC4CCN(C(C)(C)C)CC4)ccc3c21. The predicted octanol–water partition coefficient (Wildman–Crippen LogP) is 5.17. The van der Waals surface area contributed by atoms with Crippen LogP contribution in [0.25, 0.3) is 21.9 Å². The molecule has 2 aromatic heterocycles. The highest BCUT2D eigenvalue weighted by Crippen LogP contribution is 2.30. The number of nitrogens with zero attached hydrogens (tertiary/aromatic N) is 4. The predicted molar refractivity (Wildman–Crippen MR) is 126 cm³/mol. The van der Waals surface area contributed by atoms with E-state index in [0.29, 0.717) is 13.2 Å². The zero-order valence-corrected chi connectivity index (χ0v) is 19.6. The number of ether oxygens (including phenoxy) is 2. The lowest BCUT2D eigenvalue weighted by molar-refractivity contribution is 0.0492. The van der Waals surface area contributed by atoms with E-state index in [1.165, 1.54) is 0 Å². The highest BCUT2D eigenvalue weighted by Gasteiger charge is 2.27. The van der Waals surface area contributed by atoms with Crippen LogP contribution in [0.15, 0.2) is 24.4 Å². The van der Waals surface area contributed by atoms with Crippen molar-refractivity contribution < 1.29 is 9.47 Å². The Labute approximate surface area is 185 Å².